The Balaban J connectivity index is 2.17. The Kier molecular flexibility index (Phi) is 2.84. The Morgan fingerprint density at radius 2 is 2.50 bits per heavy atom. The average molecular weight is 196 g/mol. The number of aliphatic hydroxyl groups excluding tert-OH is 1. The summed E-state index contributed by atoms with van der Waals surface area (Å²) in [6.07, 6.45) is 3.43. The lowest BCUT2D eigenvalue weighted by Gasteiger charge is -2.23. The molecule has 0 radical (unpaired) electrons. The van der Waals surface area contributed by atoms with Crippen molar-refractivity contribution in [2.45, 2.75) is 39.0 Å². The molecule has 0 aromatic carbocycles. The van der Waals surface area contributed by atoms with E-state index in [9.17, 15) is 0 Å². The second-order valence-electron chi connectivity index (χ2n) is 3.70. The van der Waals surface area contributed by atoms with E-state index in [-0.39, 0.29) is 12.8 Å². The first-order valence-corrected chi connectivity index (χ1v) is 5.09. The molecule has 1 unspecified atom stereocenters. The lowest BCUT2D eigenvalue weighted by atomic mass is 10.2. The Morgan fingerprint density at radius 1 is 1.64 bits per heavy atom. The summed E-state index contributed by atoms with van der Waals surface area (Å²) in [5.74, 6) is 0. The van der Waals surface area contributed by atoms with Crippen LogP contribution in [0.2, 0.25) is 0 Å². The summed E-state index contributed by atoms with van der Waals surface area (Å²) in [4.78, 5) is 0. The van der Waals surface area contributed by atoms with E-state index in [1.807, 2.05) is 17.7 Å². The SMILES string of the molecule is Cc1cc(CO)nn1C1CCCCO1. The first-order chi connectivity index (χ1) is 6.81. The Morgan fingerprint density at radius 3 is 3.07 bits per heavy atom. The second-order valence-corrected chi connectivity index (χ2v) is 3.70. The second kappa shape index (κ2) is 4.11. The molecule has 0 saturated carbocycles. The molecule has 1 atom stereocenters. The van der Waals surface area contributed by atoms with Crippen molar-refractivity contribution in [2.24, 2.45) is 0 Å². The van der Waals surface area contributed by atoms with E-state index in [4.69, 9.17) is 9.84 Å². The average Bonchev–Trinajstić information content (AvgIpc) is 2.61. The summed E-state index contributed by atoms with van der Waals surface area (Å²) in [6.45, 7) is 2.81. The smallest absolute Gasteiger partial charge is 0.150 e. The molecular formula is C10H16N2O2. The van der Waals surface area contributed by atoms with Gasteiger partial charge in [0.25, 0.3) is 0 Å². The molecule has 4 heteroatoms. The molecule has 1 aromatic rings. The van der Waals surface area contributed by atoms with Crippen LogP contribution >= 0.6 is 0 Å². The minimum absolute atomic E-state index is 0.000556. The predicted octanol–water partition coefficient (Wildman–Crippen LogP) is 1.38. The van der Waals surface area contributed by atoms with Crippen LogP contribution in [0, 0.1) is 6.92 Å². The van der Waals surface area contributed by atoms with Crippen molar-refractivity contribution >= 4 is 0 Å². The van der Waals surface area contributed by atoms with E-state index in [2.05, 4.69) is 5.10 Å². The van der Waals surface area contributed by atoms with Gasteiger partial charge in [-0.2, -0.15) is 5.10 Å². The quantitative estimate of drug-likeness (QED) is 0.777. The van der Waals surface area contributed by atoms with Crippen LogP contribution in [-0.2, 0) is 11.3 Å². The number of aromatic nitrogens is 2. The van der Waals surface area contributed by atoms with E-state index >= 15 is 0 Å². The number of hydrogen-bond acceptors (Lipinski definition) is 3. The topological polar surface area (TPSA) is 47.3 Å². The predicted molar refractivity (Wildman–Crippen MR) is 51.7 cm³/mol. The summed E-state index contributed by atoms with van der Waals surface area (Å²) >= 11 is 0. The Bertz CT molecular complexity index is 303. The molecule has 1 aromatic heterocycles. The summed E-state index contributed by atoms with van der Waals surface area (Å²) in [7, 11) is 0. The molecule has 0 amide bonds. The number of nitrogens with zero attached hydrogens (tertiary/aromatic N) is 2. The zero-order chi connectivity index (χ0) is 9.97. The lowest BCUT2D eigenvalue weighted by Crippen LogP contribution is -2.20. The molecule has 0 bridgehead atoms. The van der Waals surface area contributed by atoms with Gasteiger partial charge < -0.3 is 9.84 Å². The van der Waals surface area contributed by atoms with Crippen molar-refractivity contribution in [3.63, 3.8) is 0 Å². The first kappa shape index (κ1) is 9.68. The van der Waals surface area contributed by atoms with Crippen molar-refractivity contribution in [3.8, 4) is 0 Å². The maximum atomic E-state index is 8.96. The van der Waals surface area contributed by atoms with Crippen LogP contribution in [0.25, 0.3) is 0 Å². The number of hydrogen-bond donors (Lipinski definition) is 1. The fraction of sp³-hybridized carbons (Fsp3) is 0.700. The van der Waals surface area contributed by atoms with Gasteiger partial charge in [-0.1, -0.05) is 0 Å². The maximum Gasteiger partial charge on any atom is 0.150 e. The largest absolute Gasteiger partial charge is 0.390 e. The normalized spacial score (nSPS) is 22.6. The monoisotopic (exact) mass is 196 g/mol. The highest BCUT2D eigenvalue weighted by molar-refractivity contribution is 5.08. The standard InChI is InChI=1S/C10H16N2O2/c1-8-6-9(7-13)11-12(8)10-4-2-3-5-14-10/h6,10,13H,2-5,7H2,1H3. The van der Waals surface area contributed by atoms with Crippen molar-refractivity contribution in [2.75, 3.05) is 6.61 Å². The maximum absolute atomic E-state index is 8.96. The molecule has 78 valence electrons. The van der Waals surface area contributed by atoms with Crippen LogP contribution < -0.4 is 0 Å². The third kappa shape index (κ3) is 1.81. The van der Waals surface area contributed by atoms with Crippen molar-refractivity contribution in [1.82, 2.24) is 9.78 Å². The molecule has 2 rings (SSSR count). The molecule has 0 spiro atoms. The van der Waals surface area contributed by atoms with E-state index in [0.29, 0.717) is 0 Å². The van der Waals surface area contributed by atoms with Crippen LogP contribution in [0.4, 0.5) is 0 Å². The van der Waals surface area contributed by atoms with Gasteiger partial charge in [-0.05, 0) is 32.3 Å². The fourth-order valence-corrected chi connectivity index (χ4v) is 1.84. The molecule has 0 aliphatic carbocycles. The lowest BCUT2D eigenvalue weighted by molar-refractivity contribution is -0.0410. The van der Waals surface area contributed by atoms with Gasteiger partial charge in [-0.15, -0.1) is 0 Å². The minimum atomic E-state index is 0.000556. The van der Waals surface area contributed by atoms with Gasteiger partial charge in [0.1, 0.15) is 6.23 Å². The Labute approximate surface area is 83.5 Å². The third-order valence-electron chi connectivity index (χ3n) is 2.56. The van der Waals surface area contributed by atoms with Gasteiger partial charge in [0.2, 0.25) is 0 Å². The van der Waals surface area contributed by atoms with Crippen molar-refractivity contribution < 1.29 is 9.84 Å². The van der Waals surface area contributed by atoms with Gasteiger partial charge in [-0.3, -0.25) is 0 Å². The highest BCUT2D eigenvalue weighted by Gasteiger charge is 2.18. The molecule has 1 aliphatic heterocycles. The number of rotatable bonds is 2. The minimum Gasteiger partial charge on any atom is -0.390 e. The first-order valence-electron chi connectivity index (χ1n) is 5.09. The zero-order valence-corrected chi connectivity index (χ0v) is 8.44. The van der Waals surface area contributed by atoms with Crippen LogP contribution in [0.1, 0.15) is 36.9 Å². The summed E-state index contributed by atoms with van der Waals surface area (Å²) in [5, 5.41) is 13.3. The summed E-state index contributed by atoms with van der Waals surface area (Å²) in [5.41, 5.74) is 1.78. The van der Waals surface area contributed by atoms with Gasteiger partial charge in [0.15, 0.2) is 0 Å². The van der Waals surface area contributed by atoms with Crippen LogP contribution in [0.3, 0.4) is 0 Å². The number of ether oxygens (including phenoxy) is 1. The van der Waals surface area contributed by atoms with Gasteiger partial charge >= 0.3 is 0 Å². The molecular weight excluding hydrogens is 180 g/mol. The van der Waals surface area contributed by atoms with Crippen LogP contribution in [0.5, 0.6) is 0 Å². The number of aliphatic hydroxyl groups is 1. The summed E-state index contributed by atoms with van der Waals surface area (Å²) in [6, 6.07) is 1.90. The molecule has 1 saturated heterocycles. The van der Waals surface area contributed by atoms with Gasteiger partial charge in [-0.25, -0.2) is 4.68 Å². The highest BCUT2D eigenvalue weighted by atomic mass is 16.5. The van der Waals surface area contributed by atoms with Crippen LogP contribution in [0.15, 0.2) is 6.07 Å². The van der Waals surface area contributed by atoms with Crippen molar-refractivity contribution in [3.05, 3.63) is 17.5 Å². The highest BCUT2D eigenvalue weighted by Crippen LogP contribution is 2.23. The number of aryl methyl sites for hydroxylation is 1. The van der Waals surface area contributed by atoms with Crippen molar-refractivity contribution in [1.29, 1.82) is 0 Å². The molecule has 1 N–H and O–H groups in total. The van der Waals surface area contributed by atoms with Gasteiger partial charge in [0, 0.05) is 12.3 Å². The van der Waals surface area contributed by atoms with E-state index in [1.165, 1.54) is 6.42 Å². The molecule has 1 fully saturated rings. The zero-order valence-electron chi connectivity index (χ0n) is 8.44. The molecule has 2 heterocycles. The molecule has 14 heavy (non-hydrogen) atoms. The third-order valence-corrected chi connectivity index (χ3v) is 2.56. The summed E-state index contributed by atoms with van der Waals surface area (Å²) < 4.78 is 7.50. The Hall–Kier alpha value is -0.870. The van der Waals surface area contributed by atoms with Gasteiger partial charge in [0.05, 0.1) is 12.3 Å². The van der Waals surface area contributed by atoms with E-state index in [1.54, 1.807) is 0 Å². The fourth-order valence-electron chi connectivity index (χ4n) is 1.84. The molecule has 4 nitrogen and oxygen atoms in total. The molecule has 1 aliphatic rings. The van der Waals surface area contributed by atoms with E-state index < -0.39 is 0 Å². The van der Waals surface area contributed by atoms with Crippen LogP contribution in [-0.4, -0.2) is 21.5 Å². The van der Waals surface area contributed by atoms with E-state index in [0.717, 1.165) is 30.8 Å².